The molecular formula is C19H21N3O4. The minimum Gasteiger partial charge on any atom is -0.495 e. The number of hydrogen-bond acceptors (Lipinski definition) is 6. The van der Waals surface area contributed by atoms with E-state index in [0.717, 1.165) is 37.6 Å². The van der Waals surface area contributed by atoms with Crippen LogP contribution in [0.1, 0.15) is 10.4 Å². The van der Waals surface area contributed by atoms with Crippen molar-refractivity contribution in [1.29, 1.82) is 0 Å². The fraction of sp³-hybridized carbons (Fsp3) is 0.316. The smallest absolute Gasteiger partial charge is 0.270 e. The maximum Gasteiger partial charge on any atom is 0.270 e. The molecule has 0 radical (unpaired) electrons. The molecule has 1 aliphatic heterocycles. The second-order valence-electron chi connectivity index (χ2n) is 6.17. The summed E-state index contributed by atoms with van der Waals surface area (Å²) in [5, 5.41) is 10.9. The number of non-ortho nitro benzene ring substituents is 1. The van der Waals surface area contributed by atoms with Crippen LogP contribution < -0.4 is 9.64 Å². The Balaban J connectivity index is 1.59. The zero-order valence-corrected chi connectivity index (χ0v) is 14.6. The molecule has 1 saturated heterocycles. The third-order valence-electron chi connectivity index (χ3n) is 4.54. The average molecular weight is 355 g/mol. The molecule has 0 amide bonds. The molecule has 0 saturated carbocycles. The molecule has 0 N–H and O–H groups in total. The lowest BCUT2D eigenvalue weighted by atomic mass is 10.1. The molecule has 0 atom stereocenters. The molecule has 2 aromatic rings. The highest BCUT2D eigenvalue weighted by Gasteiger charge is 2.22. The summed E-state index contributed by atoms with van der Waals surface area (Å²) in [6.07, 6.45) is 0. The molecule has 0 spiro atoms. The van der Waals surface area contributed by atoms with E-state index in [1.165, 1.54) is 12.1 Å². The number of ketones is 1. The predicted molar refractivity (Wildman–Crippen MR) is 99.1 cm³/mol. The third-order valence-corrected chi connectivity index (χ3v) is 4.54. The molecule has 1 aliphatic rings. The van der Waals surface area contributed by atoms with Gasteiger partial charge >= 0.3 is 0 Å². The summed E-state index contributed by atoms with van der Waals surface area (Å²) in [6.45, 7) is 3.35. The van der Waals surface area contributed by atoms with Crippen LogP contribution in [0.15, 0.2) is 48.5 Å². The van der Waals surface area contributed by atoms with Crippen molar-refractivity contribution in [1.82, 2.24) is 4.90 Å². The van der Waals surface area contributed by atoms with Gasteiger partial charge in [0.1, 0.15) is 5.75 Å². The van der Waals surface area contributed by atoms with Crippen molar-refractivity contribution in [3.05, 3.63) is 64.2 Å². The van der Waals surface area contributed by atoms with Crippen LogP contribution in [-0.2, 0) is 0 Å². The Hall–Kier alpha value is -2.93. The molecule has 1 fully saturated rings. The van der Waals surface area contributed by atoms with E-state index >= 15 is 0 Å². The zero-order valence-electron chi connectivity index (χ0n) is 14.6. The van der Waals surface area contributed by atoms with Gasteiger partial charge in [-0.15, -0.1) is 0 Å². The number of Topliss-reactive ketones (excluding diaryl/α,β-unsaturated/α-hetero) is 1. The average Bonchev–Trinajstić information content (AvgIpc) is 2.68. The van der Waals surface area contributed by atoms with Crippen LogP contribution in [0.5, 0.6) is 5.75 Å². The second kappa shape index (κ2) is 7.97. The Kier molecular flexibility index (Phi) is 5.48. The van der Waals surface area contributed by atoms with Crippen molar-refractivity contribution >= 4 is 17.2 Å². The Morgan fingerprint density at radius 1 is 1.12 bits per heavy atom. The van der Waals surface area contributed by atoms with Crippen molar-refractivity contribution in [3.8, 4) is 5.75 Å². The van der Waals surface area contributed by atoms with Gasteiger partial charge in [-0.3, -0.25) is 19.8 Å². The fourth-order valence-corrected chi connectivity index (χ4v) is 3.13. The van der Waals surface area contributed by atoms with Crippen LogP contribution in [-0.4, -0.2) is 55.4 Å². The Morgan fingerprint density at radius 3 is 2.54 bits per heavy atom. The number of benzene rings is 2. The lowest BCUT2D eigenvalue weighted by molar-refractivity contribution is -0.384. The van der Waals surface area contributed by atoms with Gasteiger partial charge in [-0.25, -0.2) is 0 Å². The molecular weight excluding hydrogens is 334 g/mol. The predicted octanol–water partition coefficient (Wildman–Crippen LogP) is 2.61. The first-order valence-corrected chi connectivity index (χ1v) is 8.46. The fourth-order valence-electron chi connectivity index (χ4n) is 3.13. The van der Waals surface area contributed by atoms with E-state index in [1.807, 2.05) is 24.3 Å². The molecule has 7 heteroatoms. The summed E-state index contributed by atoms with van der Waals surface area (Å²) in [4.78, 5) is 27.1. The highest BCUT2D eigenvalue weighted by molar-refractivity contribution is 5.98. The number of methoxy groups -OCH3 is 1. The molecule has 3 rings (SSSR count). The van der Waals surface area contributed by atoms with E-state index in [9.17, 15) is 14.9 Å². The zero-order chi connectivity index (χ0) is 18.5. The summed E-state index contributed by atoms with van der Waals surface area (Å²) in [7, 11) is 1.66. The largest absolute Gasteiger partial charge is 0.495 e. The van der Waals surface area contributed by atoms with Gasteiger partial charge in [-0.2, -0.15) is 0 Å². The first kappa shape index (κ1) is 17.9. The van der Waals surface area contributed by atoms with E-state index in [4.69, 9.17) is 4.74 Å². The minimum absolute atomic E-state index is 0.0585. The number of nitro benzene ring substituents is 1. The Labute approximate surface area is 151 Å². The highest BCUT2D eigenvalue weighted by atomic mass is 16.6. The van der Waals surface area contributed by atoms with Gasteiger partial charge in [0.2, 0.25) is 0 Å². The van der Waals surface area contributed by atoms with Gasteiger partial charge in [-0.1, -0.05) is 24.3 Å². The molecule has 0 aliphatic carbocycles. The quantitative estimate of drug-likeness (QED) is 0.450. The van der Waals surface area contributed by atoms with Crippen LogP contribution >= 0.6 is 0 Å². The number of carbonyl (C=O) groups excluding carboxylic acids is 1. The SMILES string of the molecule is COc1ccccc1N1CCN(CC(=O)c2cccc([N+](=O)[O-])c2)CC1. The summed E-state index contributed by atoms with van der Waals surface area (Å²) in [6, 6.07) is 13.8. The van der Waals surface area contributed by atoms with Gasteiger partial charge in [0.15, 0.2) is 5.78 Å². The van der Waals surface area contributed by atoms with Gasteiger partial charge < -0.3 is 9.64 Å². The molecule has 0 unspecified atom stereocenters. The number of rotatable bonds is 6. The van der Waals surface area contributed by atoms with Crippen molar-refractivity contribution in [2.24, 2.45) is 0 Å². The van der Waals surface area contributed by atoms with Crippen LogP contribution in [0, 0.1) is 10.1 Å². The van der Waals surface area contributed by atoms with Crippen molar-refractivity contribution in [2.75, 3.05) is 44.7 Å². The molecule has 1 heterocycles. The number of para-hydroxylation sites is 2. The lowest BCUT2D eigenvalue weighted by Crippen LogP contribution is -2.48. The summed E-state index contributed by atoms with van der Waals surface area (Å²) >= 11 is 0. The molecule has 136 valence electrons. The molecule has 0 aromatic heterocycles. The van der Waals surface area contributed by atoms with E-state index in [0.29, 0.717) is 5.56 Å². The van der Waals surface area contributed by atoms with Gasteiger partial charge in [0.05, 0.1) is 24.3 Å². The highest BCUT2D eigenvalue weighted by Crippen LogP contribution is 2.28. The van der Waals surface area contributed by atoms with E-state index < -0.39 is 4.92 Å². The maximum absolute atomic E-state index is 12.4. The van der Waals surface area contributed by atoms with Gasteiger partial charge in [-0.05, 0) is 12.1 Å². The number of anilines is 1. The first-order chi connectivity index (χ1) is 12.6. The monoisotopic (exact) mass is 355 g/mol. The summed E-state index contributed by atoms with van der Waals surface area (Å²) < 4.78 is 5.41. The molecule has 26 heavy (non-hydrogen) atoms. The standard InChI is InChI=1S/C19H21N3O4/c1-26-19-8-3-2-7-17(19)21-11-9-20(10-12-21)14-18(23)15-5-4-6-16(13-15)22(24)25/h2-8,13H,9-12,14H2,1H3. The Bertz CT molecular complexity index is 801. The molecule has 7 nitrogen and oxygen atoms in total. The third kappa shape index (κ3) is 4.00. The second-order valence-corrected chi connectivity index (χ2v) is 6.17. The van der Waals surface area contributed by atoms with Crippen molar-refractivity contribution in [2.45, 2.75) is 0 Å². The first-order valence-electron chi connectivity index (χ1n) is 8.46. The van der Waals surface area contributed by atoms with Crippen molar-refractivity contribution < 1.29 is 14.5 Å². The van der Waals surface area contributed by atoms with E-state index in [-0.39, 0.29) is 18.0 Å². The number of nitro groups is 1. The van der Waals surface area contributed by atoms with E-state index in [1.54, 1.807) is 19.2 Å². The van der Waals surface area contributed by atoms with Crippen LogP contribution in [0.4, 0.5) is 11.4 Å². The number of hydrogen-bond donors (Lipinski definition) is 0. The number of piperazine rings is 1. The normalized spacial score (nSPS) is 14.9. The number of carbonyl (C=O) groups is 1. The minimum atomic E-state index is -0.483. The van der Waals surface area contributed by atoms with Crippen molar-refractivity contribution in [3.63, 3.8) is 0 Å². The van der Waals surface area contributed by atoms with Gasteiger partial charge in [0.25, 0.3) is 5.69 Å². The lowest BCUT2D eigenvalue weighted by Gasteiger charge is -2.36. The Morgan fingerprint density at radius 2 is 1.85 bits per heavy atom. The van der Waals surface area contributed by atoms with Crippen LogP contribution in [0.3, 0.4) is 0 Å². The number of nitrogens with zero attached hydrogens (tertiary/aromatic N) is 3. The van der Waals surface area contributed by atoms with Gasteiger partial charge in [0, 0.05) is 43.9 Å². The summed E-state index contributed by atoms with van der Waals surface area (Å²) in [5.74, 6) is 0.744. The molecule has 2 aromatic carbocycles. The van der Waals surface area contributed by atoms with E-state index in [2.05, 4.69) is 9.80 Å². The molecule has 0 bridgehead atoms. The number of ether oxygens (including phenoxy) is 1. The summed E-state index contributed by atoms with van der Waals surface area (Å²) in [5.41, 5.74) is 1.38. The topological polar surface area (TPSA) is 75.9 Å². The maximum atomic E-state index is 12.4. The van der Waals surface area contributed by atoms with Crippen LogP contribution in [0.2, 0.25) is 0 Å². The van der Waals surface area contributed by atoms with Crippen LogP contribution in [0.25, 0.3) is 0 Å².